The maximum Gasteiger partial charge on any atom is 0.410 e. The lowest BCUT2D eigenvalue weighted by Gasteiger charge is -2.56. The van der Waals surface area contributed by atoms with Crippen molar-refractivity contribution in [3.8, 4) is 0 Å². The third-order valence-electron chi connectivity index (χ3n) is 8.13. The van der Waals surface area contributed by atoms with E-state index in [-0.39, 0.29) is 29.0 Å². The van der Waals surface area contributed by atoms with E-state index in [1.54, 1.807) is 12.1 Å². The number of furan rings is 1. The van der Waals surface area contributed by atoms with E-state index >= 15 is 0 Å². The minimum absolute atomic E-state index is 0.0269. The Morgan fingerprint density at radius 1 is 1.16 bits per heavy atom. The molecule has 4 bridgehead atoms. The molecule has 2 atom stereocenters. The van der Waals surface area contributed by atoms with Gasteiger partial charge in [-0.3, -0.25) is 4.79 Å². The molecule has 166 valence electrons. The third-order valence-corrected chi connectivity index (χ3v) is 8.13. The normalized spacial score (nSPS) is 36.3. The van der Waals surface area contributed by atoms with Crippen molar-refractivity contribution in [3.05, 3.63) is 35.9 Å². The van der Waals surface area contributed by atoms with Gasteiger partial charge in [-0.2, -0.15) is 18.3 Å². The Balaban J connectivity index is 1.31. The van der Waals surface area contributed by atoms with Gasteiger partial charge in [0.05, 0.1) is 24.1 Å². The second-order valence-electron chi connectivity index (χ2n) is 10.4. The highest BCUT2D eigenvalue weighted by Gasteiger charge is 2.52. The van der Waals surface area contributed by atoms with Crippen LogP contribution in [0.3, 0.4) is 0 Å². The van der Waals surface area contributed by atoms with Crippen molar-refractivity contribution in [2.45, 2.75) is 69.6 Å². The summed E-state index contributed by atoms with van der Waals surface area (Å²) in [7, 11) is 0. The quantitative estimate of drug-likeness (QED) is 0.608. The van der Waals surface area contributed by atoms with E-state index in [1.165, 1.54) is 31.7 Å². The molecule has 1 aliphatic heterocycles. The molecule has 3 heterocycles. The number of hydrogen-bond donors (Lipinski definition) is 1. The van der Waals surface area contributed by atoms with Crippen LogP contribution < -0.4 is 5.32 Å². The predicted octanol–water partition coefficient (Wildman–Crippen LogP) is 5.93. The summed E-state index contributed by atoms with van der Waals surface area (Å²) < 4.78 is 47.8. The van der Waals surface area contributed by atoms with Crippen molar-refractivity contribution in [1.82, 2.24) is 9.78 Å². The molecule has 0 spiro atoms. The number of alkyl halides is 3. The van der Waals surface area contributed by atoms with Gasteiger partial charge in [0.25, 0.3) is 0 Å². The summed E-state index contributed by atoms with van der Waals surface area (Å²) in [6.45, 7) is 0. The number of hydrogen-bond acceptors (Lipinski definition) is 4. The van der Waals surface area contributed by atoms with Crippen molar-refractivity contribution in [3.63, 3.8) is 0 Å². The number of rotatable bonds is 4. The number of anilines is 1. The summed E-state index contributed by atoms with van der Waals surface area (Å²) in [5, 5.41) is 7.14. The number of nitrogens with zero attached hydrogens (tertiary/aromatic N) is 2. The first-order valence-corrected chi connectivity index (χ1v) is 11.3. The molecule has 0 aromatic carbocycles. The Kier molecular flexibility index (Phi) is 4.15. The maximum absolute atomic E-state index is 13.8. The summed E-state index contributed by atoms with van der Waals surface area (Å²) in [6.07, 6.45) is 5.62. The first-order chi connectivity index (χ1) is 14.8. The molecule has 2 aromatic heterocycles. The van der Waals surface area contributed by atoms with Crippen LogP contribution in [0.15, 0.2) is 29.0 Å². The van der Waals surface area contributed by atoms with Crippen LogP contribution in [0.2, 0.25) is 0 Å². The van der Waals surface area contributed by atoms with Gasteiger partial charge in [-0.15, -0.1) is 0 Å². The molecule has 1 N–H and O–H groups in total. The molecular formula is C23H26F3N3O2. The fraction of sp³-hybridized carbons (Fsp3) is 0.652. The smallest absolute Gasteiger partial charge is 0.410 e. The summed E-state index contributed by atoms with van der Waals surface area (Å²) in [5.41, 5.74) is 0.306. The molecule has 5 nitrogen and oxygen atoms in total. The van der Waals surface area contributed by atoms with Gasteiger partial charge in [0.1, 0.15) is 11.6 Å². The number of halogens is 3. The number of carbonyl (C=O) groups is 1. The molecule has 0 radical (unpaired) electrons. The van der Waals surface area contributed by atoms with Crippen LogP contribution in [0.5, 0.6) is 0 Å². The van der Waals surface area contributed by atoms with Gasteiger partial charge >= 0.3 is 6.18 Å². The first kappa shape index (κ1) is 19.4. The molecule has 4 saturated carbocycles. The van der Waals surface area contributed by atoms with Gasteiger partial charge in [0.2, 0.25) is 0 Å². The van der Waals surface area contributed by atoms with E-state index in [2.05, 4.69) is 10.4 Å². The molecule has 2 unspecified atom stereocenters. The van der Waals surface area contributed by atoms with Crippen molar-refractivity contribution < 1.29 is 22.4 Å². The number of nitrogens with one attached hydrogen (secondary N) is 1. The Bertz CT molecular complexity index is 959. The van der Waals surface area contributed by atoms with Crippen molar-refractivity contribution >= 4 is 11.6 Å². The standard InChI is InChI=1S/C23H26F3N3O2/c24-23(25,26)20-7-17(19-2-1-3-31-19)28-21-16(12-27-29(20)21)18(30)11-22-8-13-4-14(9-22)6-15(5-13)10-22/h1-3,12-15,17,20,28H,4-11H2. The molecule has 8 heteroatoms. The van der Waals surface area contributed by atoms with Crippen LogP contribution in [0.1, 0.15) is 79.6 Å². The molecule has 5 aliphatic rings. The molecule has 4 fully saturated rings. The Hall–Kier alpha value is -2.25. The van der Waals surface area contributed by atoms with E-state index in [1.807, 2.05) is 0 Å². The molecule has 4 aliphatic carbocycles. The zero-order valence-corrected chi connectivity index (χ0v) is 17.2. The Morgan fingerprint density at radius 3 is 2.42 bits per heavy atom. The van der Waals surface area contributed by atoms with E-state index in [9.17, 15) is 18.0 Å². The van der Waals surface area contributed by atoms with Gasteiger partial charge in [-0.1, -0.05) is 0 Å². The number of aromatic nitrogens is 2. The molecular weight excluding hydrogens is 407 g/mol. The van der Waals surface area contributed by atoms with E-state index in [0.29, 0.717) is 12.2 Å². The lowest BCUT2D eigenvalue weighted by atomic mass is 9.48. The monoisotopic (exact) mass is 433 g/mol. The fourth-order valence-corrected chi connectivity index (χ4v) is 7.38. The van der Waals surface area contributed by atoms with E-state index in [4.69, 9.17) is 4.42 Å². The fourth-order valence-electron chi connectivity index (χ4n) is 7.38. The molecule has 0 saturated heterocycles. The Morgan fingerprint density at radius 2 is 1.84 bits per heavy atom. The van der Waals surface area contributed by atoms with E-state index < -0.39 is 18.3 Å². The first-order valence-electron chi connectivity index (χ1n) is 11.3. The summed E-state index contributed by atoms with van der Waals surface area (Å²) in [6, 6.07) is 0.871. The SMILES string of the molecule is O=C(CC12CC3CC(CC(C3)C1)C2)c1cnn2c1NC(c1ccco1)CC2C(F)(F)F. The average molecular weight is 433 g/mol. The number of ketones is 1. The van der Waals surface area contributed by atoms with Gasteiger partial charge < -0.3 is 9.73 Å². The van der Waals surface area contributed by atoms with Crippen LogP contribution in [0.4, 0.5) is 19.0 Å². The lowest BCUT2D eigenvalue weighted by Crippen LogP contribution is -2.46. The topological polar surface area (TPSA) is 60.1 Å². The number of fused-ring (bicyclic) bond motifs is 1. The van der Waals surface area contributed by atoms with Gasteiger partial charge in [-0.05, 0) is 73.8 Å². The van der Waals surface area contributed by atoms with Gasteiger partial charge in [0.15, 0.2) is 11.8 Å². The van der Waals surface area contributed by atoms with Gasteiger partial charge in [0, 0.05) is 12.8 Å². The zero-order chi connectivity index (χ0) is 21.4. The summed E-state index contributed by atoms with van der Waals surface area (Å²) in [4.78, 5) is 13.4. The molecule has 7 rings (SSSR count). The highest BCUT2D eigenvalue weighted by Crippen LogP contribution is 2.61. The zero-order valence-electron chi connectivity index (χ0n) is 17.2. The Labute approximate surface area is 178 Å². The maximum atomic E-state index is 13.8. The van der Waals surface area contributed by atoms with Crippen LogP contribution in [-0.4, -0.2) is 21.7 Å². The number of carbonyl (C=O) groups excluding carboxylic acids is 1. The van der Waals surface area contributed by atoms with Crippen LogP contribution in [-0.2, 0) is 0 Å². The second-order valence-corrected chi connectivity index (χ2v) is 10.4. The van der Waals surface area contributed by atoms with Crippen molar-refractivity contribution in [1.29, 1.82) is 0 Å². The molecule has 2 aromatic rings. The number of Topliss-reactive ketones (excluding diaryl/α,β-unsaturated/α-hetero) is 1. The predicted molar refractivity (Wildman–Crippen MR) is 107 cm³/mol. The minimum Gasteiger partial charge on any atom is -0.467 e. The average Bonchev–Trinajstić information content (AvgIpc) is 3.35. The largest absolute Gasteiger partial charge is 0.467 e. The third kappa shape index (κ3) is 3.21. The molecule has 31 heavy (non-hydrogen) atoms. The van der Waals surface area contributed by atoms with Crippen LogP contribution in [0, 0.1) is 23.2 Å². The minimum atomic E-state index is -4.46. The van der Waals surface area contributed by atoms with Crippen molar-refractivity contribution in [2.75, 3.05) is 5.32 Å². The van der Waals surface area contributed by atoms with Crippen LogP contribution >= 0.6 is 0 Å². The van der Waals surface area contributed by atoms with Crippen LogP contribution in [0.25, 0.3) is 0 Å². The summed E-state index contributed by atoms with van der Waals surface area (Å²) >= 11 is 0. The second kappa shape index (κ2) is 6.62. The highest BCUT2D eigenvalue weighted by molar-refractivity contribution is 6.01. The van der Waals surface area contributed by atoms with Gasteiger partial charge in [-0.25, -0.2) is 4.68 Å². The van der Waals surface area contributed by atoms with E-state index in [0.717, 1.165) is 41.7 Å². The highest BCUT2D eigenvalue weighted by atomic mass is 19.4. The summed E-state index contributed by atoms with van der Waals surface area (Å²) in [5.74, 6) is 2.67. The lowest BCUT2D eigenvalue weighted by molar-refractivity contribution is -0.174. The molecule has 0 amide bonds. The van der Waals surface area contributed by atoms with Crippen molar-refractivity contribution in [2.24, 2.45) is 23.2 Å².